The summed E-state index contributed by atoms with van der Waals surface area (Å²) in [6.45, 7) is 4.18. The highest BCUT2D eigenvalue weighted by molar-refractivity contribution is 5.63. The number of nitrogens with zero attached hydrogens (tertiary/aromatic N) is 3. The first-order valence-corrected chi connectivity index (χ1v) is 7.37. The van der Waals surface area contributed by atoms with E-state index in [1.807, 2.05) is 18.2 Å². The lowest BCUT2D eigenvalue weighted by Gasteiger charge is -2.07. The fourth-order valence-corrected chi connectivity index (χ4v) is 2.52. The SMILES string of the molecule is CC(=O)O.c1cc2c(cc1-c1nnc3n1CCNCC3)OCO2. The third-order valence-electron chi connectivity index (χ3n) is 3.50. The number of nitrogens with one attached hydrogen (secondary N) is 1. The molecule has 2 aliphatic heterocycles. The number of rotatable bonds is 1. The summed E-state index contributed by atoms with van der Waals surface area (Å²) < 4.78 is 12.9. The molecule has 0 fully saturated rings. The maximum Gasteiger partial charge on any atom is 0.300 e. The number of hydrogen-bond donors (Lipinski definition) is 2. The van der Waals surface area contributed by atoms with Crippen molar-refractivity contribution >= 4 is 5.97 Å². The van der Waals surface area contributed by atoms with Crippen LogP contribution in [0.25, 0.3) is 11.4 Å². The number of ether oxygens (including phenoxy) is 2. The van der Waals surface area contributed by atoms with Crippen LogP contribution in [0.4, 0.5) is 0 Å². The monoisotopic (exact) mass is 318 g/mol. The normalized spacial score (nSPS) is 15.2. The first kappa shape index (κ1) is 15.3. The van der Waals surface area contributed by atoms with E-state index in [1.54, 1.807) is 0 Å². The maximum absolute atomic E-state index is 9.00. The Hall–Kier alpha value is -2.61. The summed E-state index contributed by atoms with van der Waals surface area (Å²) in [6, 6.07) is 5.90. The second-order valence-corrected chi connectivity index (χ2v) is 5.18. The smallest absolute Gasteiger partial charge is 0.300 e. The topological polar surface area (TPSA) is 98.5 Å². The molecule has 8 heteroatoms. The second kappa shape index (κ2) is 6.66. The molecular weight excluding hydrogens is 300 g/mol. The lowest BCUT2D eigenvalue weighted by Crippen LogP contribution is -2.17. The first-order valence-electron chi connectivity index (χ1n) is 7.37. The highest BCUT2D eigenvalue weighted by atomic mass is 16.7. The van der Waals surface area contributed by atoms with E-state index in [-0.39, 0.29) is 0 Å². The Morgan fingerprint density at radius 3 is 2.87 bits per heavy atom. The average molecular weight is 318 g/mol. The molecular formula is C15H18N4O4. The molecule has 4 rings (SSSR count). The summed E-state index contributed by atoms with van der Waals surface area (Å²) in [5.74, 6) is 2.68. The number of fused-ring (bicyclic) bond motifs is 2. The Labute approximate surface area is 133 Å². The van der Waals surface area contributed by atoms with Crippen LogP contribution in [-0.2, 0) is 17.8 Å². The van der Waals surface area contributed by atoms with Gasteiger partial charge in [0.1, 0.15) is 5.82 Å². The first-order chi connectivity index (χ1) is 11.1. The quantitative estimate of drug-likeness (QED) is 0.806. The highest BCUT2D eigenvalue weighted by Crippen LogP contribution is 2.35. The lowest BCUT2D eigenvalue weighted by molar-refractivity contribution is -0.134. The molecule has 0 spiro atoms. The predicted octanol–water partition coefficient (Wildman–Crippen LogP) is 0.910. The van der Waals surface area contributed by atoms with Gasteiger partial charge in [0.05, 0.1) is 0 Å². The zero-order valence-corrected chi connectivity index (χ0v) is 12.8. The Morgan fingerprint density at radius 2 is 2.04 bits per heavy atom. The third-order valence-corrected chi connectivity index (χ3v) is 3.50. The van der Waals surface area contributed by atoms with E-state index in [2.05, 4.69) is 20.1 Å². The Morgan fingerprint density at radius 1 is 1.26 bits per heavy atom. The summed E-state index contributed by atoms with van der Waals surface area (Å²) >= 11 is 0. The van der Waals surface area contributed by atoms with E-state index in [1.165, 1.54) is 0 Å². The number of aliphatic carboxylic acids is 1. The van der Waals surface area contributed by atoms with E-state index in [4.69, 9.17) is 19.4 Å². The number of benzene rings is 1. The van der Waals surface area contributed by atoms with E-state index in [0.29, 0.717) is 6.79 Å². The molecule has 122 valence electrons. The van der Waals surface area contributed by atoms with Crippen molar-refractivity contribution in [1.29, 1.82) is 0 Å². The van der Waals surface area contributed by atoms with Crippen LogP contribution >= 0.6 is 0 Å². The van der Waals surface area contributed by atoms with E-state index < -0.39 is 5.97 Å². The molecule has 0 saturated heterocycles. The van der Waals surface area contributed by atoms with Gasteiger partial charge in [0.15, 0.2) is 17.3 Å². The molecule has 0 bridgehead atoms. The summed E-state index contributed by atoms with van der Waals surface area (Å²) in [6.07, 6.45) is 0.914. The van der Waals surface area contributed by atoms with Gasteiger partial charge in [-0.25, -0.2) is 0 Å². The van der Waals surface area contributed by atoms with Crippen LogP contribution in [0.15, 0.2) is 18.2 Å². The Kier molecular flexibility index (Phi) is 4.42. The van der Waals surface area contributed by atoms with Gasteiger partial charge in [-0.05, 0) is 18.2 Å². The number of aromatic nitrogens is 3. The van der Waals surface area contributed by atoms with Crippen molar-refractivity contribution in [1.82, 2.24) is 20.1 Å². The van der Waals surface area contributed by atoms with Gasteiger partial charge in [-0.15, -0.1) is 10.2 Å². The van der Waals surface area contributed by atoms with Crippen molar-refractivity contribution in [2.45, 2.75) is 19.9 Å². The van der Waals surface area contributed by atoms with Crippen LogP contribution in [0.5, 0.6) is 11.5 Å². The van der Waals surface area contributed by atoms with Gasteiger partial charge in [0.25, 0.3) is 5.97 Å². The maximum atomic E-state index is 9.00. The summed E-state index contributed by atoms with van der Waals surface area (Å²) in [5.41, 5.74) is 1.02. The van der Waals surface area contributed by atoms with Crippen molar-refractivity contribution in [3.05, 3.63) is 24.0 Å². The molecule has 0 aliphatic carbocycles. The fraction of sp³-hybridized carbons (Fsp3) is 0.400. The molecule has 23 heavy (non-hydrogen) atoms. The van der Waals surface area contributed by atoms with Gasteiger partial charge in [-0.1, -0.05) is 0 Å². The summed E-state index contributed by atoms with van der Waals surface area (Å²) in [5, 5.41) is 19.4. The molecule has 1 aromatic heterocycles. The molecule has 2 aromatic rings. The van der Waals surface area contributed by atoms with Gasteiger partial charge >= 0.3 is 0 Å². The highest BCUT2D eigenvalue weighted by Gasteiger charge is 2.19. The van der Waals surface area contributed by atoms with Gasteiger partial charge < -0.3 is 24.5 Å². The number of carboxylic acids is 1. The van der Waals surface area contributed by atoms with Crippen molar-refractivity contribution in [3.8, 4) is 22.9 Å². The Bertz CT molecular complexity index is 709. The molecule has 0 atom stereocenters. The molecule has 0 unspecified atom stereocenters. The minimum Gasteiger partial charge on any atom is -0.481 e. The van der Waals surface area contributed by atoms with Gasteiger partial charge in [-0.3, -0.25) is 4.79 Å². The Balaban J connectivity index is 0.000000354. The molecule has 0 saturated carbocycles. The van der Waals surface area contributed by atoms with Gasteiger partial charge in [0, 0.05) is 38.5 Å². The summed E-state index contributed by atoms with van der Waals surface area (Å²) in [7, 11) is 0. The van der Waals surface area contributed by atoms with Crippen molar-refractivity contribution in [2.24, 2.45) is 0 Å². The van der Waals surface area contributed by atoms with E-state index in [0.717, 1.165) is 61.7 Å². The average Bonchev–Trinajstić information content (AvgIpc) is 3.07. The molecule has 2 N–H and O–H groups in total. The van der Waals surface area contributed by atoms with Crippen molar-refractivity contribution in [3.63, 3.8) is 0 Å². The van der Waals surface area contributed by atoms with Crippen LogP contribution in [-0.4, -0.2) is 45.7 Å². The summed E-state index contributed by atoms with van der Waals surface area (Å²) in [4.78, 5) is 9.00. The molecule has 0 radical (unpaired) electrons. The van der Waals surface area contributed by atoms with Crippen LogP contribution in [0, 0.1) is 0 Å². The molecule has 0 amide bonds. The molecule has 2 aliphatic rings. The van der Waals surface area contributed by atoms with Crippen molar-refractivity contribution < 1.29 is 19.4 Å². The minimum absolute atomic E-state index is 0.292. The van der Waals surface area contributed by atoms with Crippen LogP contribution in [0.3, 0.4) is 0 Å². The number of carbonyl (C=O) groups is 1. The van der Waals surface area contributed by atoms with Crippen LogP contribution < -0.4 is 14.8 Å². The molecule has 3 heterocycles. The standard InChI is InChI=1S/C13H14N4O2.C2H4O2/c1-2-10-11(19-8-18-10)7-9(1)13-16-15-12-3-4-14-5-6-17(12)13;1-2(3)4/h1-2,7,14H,3-6,8H2;1H3,(H,3,4). The minimum atomic E-state index is -0.833. The van der Waals surface area contributed by atoms with Crippen molar-refractivity contribution in [2.75, 3.05) is 19.9 Å². The van der Waals surface area contributed by atoms with Gasteiger partial charge in [0.2, 0.25) is 6.79 Å². The van der Waals surface area contributed by atoms with E-state index >= 15 is 0 Å². The molecule has 8 nitrogen and oxygen atoms in total. The van der Waals surface area contributed by atoms with Crippen LogP contribution in [0.2, 0.25) is 0 Å². The lowest BCUT2D eigenvalue weighted by atomic mass is 10.2. The zero-order chi connectivity index (χ0) is 16.2. The third kappa shape index (κ3) is 3.42. The van der Waals surface area contributed by atoms with Gasteiger partial charge in [-0.2, -0.15) is 0 Å². The molecule has 1 aromatic carbocycles. The zero-order valence-electron chi connectivity index (χ0n) is 12.8. The van der Waals surface area contributed by atoms with Crippen LogP contribution in [0.1, 0.15) is 12.7 Å². The number of carboxylic acid groups (broad SMARTS) is 1. The number of hydrogen-bond acceptors (Lipinski definition) is 6. The van der Waals surface area contributed by atoms with E-state index in [9.17, 15) is 0 Å². The second-order valence-electron chi connectivity index (χ2n) is 5.18. The largest absolute Gasteiger partial charge is 0.481 e. The predicted molar refractivity (Wildman–Crippen MR) is 81.5 cm³/mol. The fourth-order valence-electron chi connectivity index (χ4n) is 2.52.